The van der Waals surface area contributed by atoms with Crippen LogP contribution >= 0.6 is 11.6 Å². The van der Waals surface area contributed by atoms with Gasteiger partial charge in [-0.1, -0.05) is 23.2 Å². The number of hydrogen-bond acceptors (Lipinski definition) is 7. The summed E-state index contributed by atoms with van der Waals surface area (Å²) < 4.78 is 39.0. The van der Waals surface area contributed by atoms with Crippen LogP contribution in [-0.4, -0.2) is 35.8 Å². The summed E-state index contributed by atoms with van der Waals surface area (Å²) in [6.45, 7) is 0. The van der Waals surface area contributed by atoms with Crippen LogP contribution < -0.4 is 14.4 Å². The summed E-state index contributed by atoms with van der Waals surface area (Å²) in [6.07, 6.45) is 9.96. The molecule has 1 aliphatic heterocycles. The molecule has 3 aromatic rings. The van der Waals surface area contributed by atoms with Crippen LogP contribution in [0.15, 0.2) is 28.9 Å². The van der Waals surface area contributed by atoms with Gasteiger partial charge in [-0.05, 0) is 69.1 Å². The van der Waals surface area contributed by atoms with E-state index in [0.29, 0.717) is 46.1 Å². The van der Waals surface area contributed by atoms with Crippen LogP contribution in [0.2, 0.25) is 5.02 Å². The zero-order valence-electron chi connectivity index (χ0n) is 19.5. The van der Waals surface area contributed by atoms with Crippen LogP contribution in [-0.2, 0) is 20.2 Å². The molecule has 36 heavy (non-hydrogen) atoms. The molecule has 4 aliphatic rings. The zero-order chi connectivity index (χ0) is 24.7. The molecule has 0 bridgehead atoms. The second-order valence-electron chi connectivity index (χ2n) is 10.3. The number of benzene rings is 1. The quantitative estimate of drug-likeness (QED) is 0.467. The van der Waals surface area contributed by atoms with Crippen molar-refractivity contribution < 1.29 is 22.5 Å². The van der Waals surface area contributed by atoms with Gasteiger partial charge in [0.15, 0.2) is 11.4 Å². The van der Waals surface area contributed by atoms with Gasteiger partial charge in [0.2, 0.25) is 21.8 Å². The fraction of sp³-hybridized carbons (Fsp3) is 0.480. The van der Waals surface area contributed by atoms with E-state index in [2.05, 4.69) is 14.9 Å². The van der Waals surface area contributed by atoms with Crippen molar-refractivity contribution in [2.24, 2.45) is 0 Å². The summed E-state index contributed by atoms with van der Waals surface area (Å²) in [5.74, 6) is 0.506. The van der Waals surface area contributed by atoms with Crippen molar-refractivity contribution in [1.29, 1.82) is 0 Å². The van der Waals surface area contributed by atoms with Crippen LogP contribution in [0.3, 0.4) is 0 Å². The minimum atomic E-state index is -3.50. The summed E-state index contributed by atoms with van der Waals surface area (Å²) in [5.41, 5.74) is 1.84. The molecule has 3 saturated carbocycles. The molecule has 1 N–H and O–H groups in total. The molecule has 7 rings (SSSR count). The topological polar surface area (TPSA) is 115 Å². The number of rotatable bonds is 6. The molecule has 3 heterocycles. The number of nitrogens with zero attached hydrogens (tertiary/aromatic N) is 3. The van der Waals surface area contributed by atoms with Crippen molar-refractivity contribution in [1.82, 2.24) is 10.1 Å². The molecule has 0 radical (unpaired) electrons. The Hall–Kier alpha value is -2.85. The van der Waals surface area contributed by atoms with Gasteiger partial charge in [-0.2, -0.15) is 0 Å². The lowest BCUT2D eigenvalue weighted by atomic mass is 9.96. The Morgan fingerprint density at radius 1 is 1.11 bits per heavy atom. The number of ether oxygens (including phenoxy) is 1. The Morgan fingerprint density at radius 3 is 2.58 bits per heavy atom. The van der Waals surface area contributed by atoms with E-state index in [-0.39, 0.29) is 23.1 Å². The van der Waals surface area contributed by atoms with Gasteiger partial charge in [-0.3, -0.25) is 14.4 Å². The van der Waals surface area contributed by atoms with E-state index in [1.807, 2.05) is 6.07 Å². The molecule has 1 spiro atoms. The third kappa shape index (κ3) is 3.48. The predicted molar refractivity (Wildman–Crippen MR) is 134 cm³/mol. The molecule has 3 aliphatic carbocycles. The molecule has 9 nitrogen and oxygen atoms in total. The molecule has 0 atom stereocenters. The number of amides is 1. The van der Waals surface area contributed by atoms with Crippen molar-refractivity contribution in [3.05, 3.63) is 35.0 Å². The first-order valence-electron chi connectivity index (χ1n) is 12.5. The number of fused-ring (bicyclic) bond motifs is 3. The first kappa shape index (κ1) is 22.4. The van der Waals surface area contributed by atoms with E-state index in [1.165, 1.54) is 6.42 Å². The Labute approximate surface area is 213 Å². The van der Waals surface area contributed by atoms with Crippen LogP contribution in [0.25, 0.3) is 11.0 Å². The largest absolute Gasteiger partial charge is 0.473 e. The molecule has 11 heteroatoms. The van der Waals surface area contributed by atoms with Gasteiger partial charge in [0, 0.05) is 6.07 Å². The lowest BCUT2D eigenvalue weighted by molar-refractivity contribution is -0.119. The number of pyridine rings is 1. The third-order valence-corrected chi connectivity index (χ3v) is 9.89. The normalized spacial score (nSPS) is 21.2. The lowest BCUT2D eigenvalue weighted by Gasteiger charge is -2.23. The van der Waals surface area contributed by atoms with Gasteiger partial charge in [0.1, 0.15) is 11.1 Å². The fourth-order valence-corrected chi connectivity index (χ4v) is 7.03. The van der Waals surface area contributed by atoms with E-state index >= 15 is 0 Å². The summed E-state index contributed by atoms with van der Waals surface area (Å²) in [7, 11) is -3.50. The summed E-state index contributed by atoms with van der Waals surface area (Å²) >= 11 is 6.56. The molecule has 0 saturated heterocycles. The van der Waals surface area contributed by atoms with E-state index < -0.39 is 15.4 Å². The van der Waals surface area contributed by atoms with Crippen LogP contribution in [0, 0.1) is 0 Å². The number of carbonyl (C=O) groups excluding carboxylic acids is 1. The average Bonchev–Trinajstić information content (AvgIpc) is 3.78. The van der Waals surface area contributed by atoms with Crippen LogP contribution in [0.4, 0.5) is 17.2 Å². The minimum absolute atomic E-state index is 0.0444. The van der Waals surface area contributed by atoms with E-state index in [9.17, 15) is 13.2 Å². The van der Waals surface area contributed by atoms with Gasteiger partial charge in [0.25, 0.3) is 0 Å². The first-order valence-corrected chi connectivity index (χ1v) is 14.4. The molecular formula is C25H25ClN4O5S. The van der Waals surface area contributed by atoms with Crippen molar-refractivity contribution in [3.63, 3.8) is 0 Å². The number of sulfonamides is 1. The monoisotopic (exact) mass is 528 g/mol. The maximum absolute atomic E-state index is 13.6. The molecule has 0 unspecified atom stereocenters. The van der Waals surface area contributed by atoms with Gasteiger partial charge < -0.3 is 9.26 Å². The SMILES string of the molecule is O=C1N(c2cnc(OC3CCCCC3)c(Cl)c2)c2cc3onc(NS(=O)(=O)C4CC4)c3cc2C12CC2. The highest BCUT2D eigenvalue weighted by Crippen LogP contribution is 2.60. The highest BCUT2D eigenvalue weighted by atomic mass is 35.5. The van der Waals surface area contributed by atoms with E-state index in [1.54, 1.807) is 23.2 Å². The van der Waals surface area contributed by atoms with E-state index in [4.69, 9.17) is 20.9 Å². The Morgan fingerprint density at radius 2 is 1.89 bits per heavy atom. The second kappa shape index (κ2) is 7.82. The fourth-order valence-electron chi connectivity index (χ4n) is 5.48. The molecule has 188 valence electrons. The van der Waals surface area contributed by atoms with Gasteiger partial charge in [0.05, 0.1) is 33.6 Å². The number of carbonyl (C=O) groups is 1. The van der Waals surface area contributed by atoms with Gasteiger partial charge in [-0.15, -0.1) is 0 Å². The van der Waals surface area contributed by atoms with Crippen LogP contribution in [0.1, 0.15) is 63.4 Å². The van der Waals surface area contributed by atoms with Crippen molar-refractivity contribution in [2.75, 3.05) is 9.62 Å². The lowest BCUT2D eigenvalue weighted by Crippen LogP contribution is -2.28. The summed E-state index contributed by atoms with van der Waals surface area (Å²) in [6, 6.07) is 5.31. The molecule has 1 aromatic carbocycles. The average molecular weight is 529 g/mol. The van der Waals surface area contributed by atoms with Crippen LogP contribution in [0.5, 0.6) is 5.88 Å². The minimum Gasteiger partial charge on any atom is -0.473 e. The highest BCUT2D eigenvalue weighted by Gasteiger charge is 2.60. The van der Waals surface area contributed by atoms with Gasteiger partial charge in [-0.25, -0.2) is 13.4 Å². The maximum Gasteiger partial charge on any atom is 0.242 e. The number of aromatic nitrogens is 2. The number of halogens is 1. The molecule has 2 aromatic heterocycles. The third-order valence-electron chi connectivity index (χ3n) is 7.79. The van der Waals surface area contributed by atoms with E-state index in [0.717, 1.165) is 44.1 Å². The summed E-state index contributed by atoms with van der Waals surface area (Å²) in [5, 5.41) is 4.51. The predicted octanol–water partition coefficient (Wildman–Crippen LogP) is 5.20. The number of hydrogen-bond donors (Lipinski definition) is 1. The molecule has 3 fully saturated rings. The number of anilines is 3. The second-order valence-corrected chi connectivity index (χ2v) is 12.7. The standard InChI is InChI=1S/C25H25ClN4O5S/c26-19-10-14(13-27-23(19)34-15-4-2-1-3-5-15)30-20-12-21-17(11-18(20)25(8-9-25)24(30)31)22(28-35-21)29-36(32,33)16-6-7-16/h10-13,15-16H,1-9H2,(H,28,29). The number of nitrogens with one attached hydrogen (secondary N) is 1. The van der Waals surface area contributed by atoms with Gasteiger partial charge >= 0.3 is 0 Å². The smallest absolute Gasteiger partial charge is 0.242 e. The van der Waals surface area contributed by atoms with Crippen molar-refractivity contribution >= 4 is 55.7 Å². The first-order chi connectivity index (χ1) is 17.4. The molecular weight excluding hydrogens is 504 g/mol. The Kier molecular flexibility index (Phi) is 4.86. The van der Waals surface area contributed by atoms with Crippen molar-refractivity contribution in [3.8, 4) is 5.88 Å². The zero-order valence-corrected chi connectivity index (χ0v) is 21.1. The van der Waals surface area contributed by atoms with Crippen molar-refractivity contribution in [2.45, 2.75) is 74.6 Å². The maximum atomic E-state index is 13.6. The highest BCUT2D eigenvalue weighted by molar-refractivity contribution is 7.93. The Balaban J connectivity index is 1.24. The summed E-state index contributed by atoms with van der Waals surface area (Å²) in [4.78, 5) is 19.7. The molecule has 1 amide bonds. The Bertz CT molecular complexity index is 1510.